The molecule has 0 bridgehead atoms. The minimum atomic E-state index is -1.22. The maximum Gasteiger partial charge on any atom is 0.319 e. The smallest absolute Gasteiger partial charge is 0.319 e. The third-order valence-corrected chi connectivity index (χ3v) is 7.44. The second-order valence-electron chi connectivity index (χ2n) is 8.29. The molecule has 3 aromatic rings. The number of nitrogens with one attached hydrogen (secondary N) is 2. The van der Waals surface area contributed by atoms with Gasteiger partial charge in [0.15, 0.2) is 0 Å². The van der Waals surface area contributed by atoms with E-state index in [-0.39, 0.29) is 36.8 Å². The zero-order valence-corrected chi connectivity index (χ0v) is 21.3. The summed E-state index contributed by atoms with van der Waals surface area (Å²) < 4.78 is 7.01. The fourth-order valence-electron chi connectivity index (χ4n) is 4.02. The van der Waals surface area contributed by atoms with Crippen LogP contribution in [0.15, 0.2) is 48.5 Å². The largest absolute Gasteiger partial charge is 0.489 e. The Morgan fingerprint density at radius 1 is 1.18 bits per heavy atom. The highest BCUT2D eigenvalue weighted by molar-refractivity contribution is 7.19. The van der Waals surface area contributed by atoms with Crippen molar-refractivity contribution in [1.29, 1.82) is 10.8 Å². The molecule has 1 saturated heterocycles. The molecular formula is C24H28Cl2N4O3S. The SMILES string of the molecule is CC(=N)N1CC[C@H](Oc2ccc(C(C)(C(=O)O)c3cc4cc(C(=N)N)ccc4s3)cc2)C1.Cl.Cl. The average Bonchev–Trinajstić information content (AvgIpc) is 3.40. The monoisotopic (exact) mass is 522 g/mol. The summed E-state index contributed by atoms with van der Waals surface area (Å²) in [6.45, 7) is 4.99. The highest BCUT2D eigenvalue weighted by Gasteiger charge is 2.39. The van der Waals surface area contributed by atoms with Crippen LogP contribution in [-0.4, -0.2) is 46.8 Å². The molecule has 10 heteroatoms. The van der Waals surface area contributed by atoms with Gasteiger partial charge in [0, 0.05) is 28.1 Å². The van der Waals surface area contributed by atoms with Gasteiger partial charge in [0.25, 0.3) is 0 Å². The first-order valence-corrected chi connectivity index (χ1v) is 11.2. The van der Waals surface area contributed by atoms with Gasteiger partial charge in [0.2, 0.25) is 0 Å². The summed E-state index contributed by atoms with van der Waals surface area (Å²) in [6, 6.07) is 14.6. The number of halogens is 2. The molecule has 0 spiro atoms. The van der Waals surface area contributed by atoms with Crippen LogP contribution in [0.5, 0.6) is 5.75 Å². The van der Waals surface area contributed by atoms with Crippen LogP contribution in [0.2, 0.25) is 0 Å². The van der Waals surface area contributed by atoms with Crippen molar-refractivity contribution in [2.75, 3.05) is 13.1 Å². The minimum Gasteiger partial charge on any atom is -0.489 e. The van der Waals surface area contributed by atoms with Gasteiger partial charge in [-0.2, -0.15) is 0 Å². The van der Waals surface area contributed by atoms with Gasteiger partial charge in [-0.3, -0.25) is 15.6 Å². The fraction of sp³-hybridized carbons (Fsp3) is 0.292. The predicted octanol–water partition coefficient (Wildman–Crippen LogP) is 4.87. The number of nitrogens with two attached hydrogens (primary N) is 1. The Kier molecular flexibility index (Phi) is 8.58. The van der Waals surface area contributed by atoms with Gasteiger partial charge in [-0.15, -0.1) is 36.2 Å². The lowest BCUT2D eigenvalue weighted by Gasteiger charge is -2.24. The number of nitrogen functional groups attached to an aromatic ring is 1. The summed E-state index contributed by atoms with van der Waals surface area (Å²) >= 11 is 1.43. The summed E-state index contributed by atoms with van der Waals surface area (Å²) in [7, 11) is 0. The van der Waals surface area contributed by atoms with E-state index in [0.717, 1.165) is 23.1 Å². The lowest BCUT2D eigenvalue weighted by atomic mass is 9.81. The molecule has 1 aromatic heterocycles. The second kappa shape index (κ2) is 10.6. The molecule has 2 atom stereocenters. The standard InChI is InChI=1S/C24H26N4O3S.2ClH/c1-14(25)28-10-9-19(13-28)31-18-6-4-17(5-7-18)24(2,23(29)30)21-12-16-11-15(22(26)27)3-8-20(16)32-21;;/h3-8,11-12,19,25H,9-10,13H2,1-2H3,(H3,26,27)(H,29,30);2*1H/t19-,24?;;/m0../s1. The van der Waals surface area contributed by atoms with E-state index in [1.165, 1.54) is 11.3 Å². The highest BCUT2D eigenvalue weighted by atomic mass is 35.5. The molecule has 5 N–H and O–H groups in total. The summed E-state index contributed by atoms with van der Waals surface area (Å²) in [5.74, 6) is 0.288. The van der Waals surface area contributed by atoms with E-state index in [0.29, 0.717) is 34.1 Å². The van der Waals surface area contributed by atoms with Crippen LogP contribution in [0, 0.1) is 10.8 Å². The maximum atomic E-state index is 12.4. The van der Waals surface area contributed by atoms with Gasteiger partial charge < -0.3 is 20.5 Å². The number of benzene rings is 2. The number of carboxylic acid groups (broad SMARTS) is 1. The second-order valence-corrected chi connectivity index (χ2v) is 9.38. The van der Waals surface area contributed by atoms with Crippen LogP contribution in [0.1, 0.15) is 36.3 Å². The van der Waals surface area contributed by atoms with E-state index in [2.05, 4.69) is 0 Å². The van der Waals surface area contributed by atoms with Crippen LogP contribution < -0.4 is 10.5 Å². The van der Waals surface area contributed by atoms with Crippen molar-refractivity contribution >= 4 is 63.9 Å². The van der Waals surface area contributed by atoms with Gasteiger partial charge in [0.1, 0.15) is 23.1 Å². The topological polar surface area (TPSA) is 123 Å². The van der Waals surface area contributed by atoms with Crippen molar-refractivity contribution in [2.24, 2.45) is 5.73 Å². The van der Waals surface area contributed by atoms with Crippen LogP contribution in [-0.2, 0) is 10.2 Å². The van der Waals surface area contributed by atoms with Gasteiger partial charge in [-0.05, 0) is 61.2 Å². The molecular weight excluding hydrogens is 495 g/mol. The van der Waals surface area contributed by atoms with Crippen LogP contribution in [0.3, 0.4) is 0 Å². The van der Waals surface area contributed by atoms with E-state index in [1.807, 2.05) is 47.4 Å². The lowest BCUT2D eigenvalue weighted by molar-refractivity contribution is -0.141. The first kappa shape index (κ1) is 27.4. The van der Waals surface area contributed by atoms with Gasteiger partial charge >= 0.3 is 5.97 Å². The maximum absolute atomic E-state index is 12.4. The number of thiophene rings is 1. The molecule has 1 aliphatic heterocycles. The van der Waals surface area contributed by atoms with E-state index >= 15 is 0 Å². The molecule has 1 fully saturated rings. The van der Waals surface area contributed by atoms with Crippen LogP contribution >= 0.6 is 36.2 Å². The molecule has 0 aliphatic carbocycles. The summed E-state index contributed by atoms with van der Waals surface area (Å²) in [6.07, 6.45) is 0.875. The quantitative estimate of drug-likeness (QED) is 0.271. The summed E-state index contributed by atoms with van der Waals surface area (Å²) in [5.41, 5.74) is 5.66. The predicted molar refractivity (Wildman–Crippen MR) is 142 cm³/mol. The summed E-state index contributed by atoms with van der Waals surface area (Å²) in [4.78, 5) is 15.1. The number of nitrogens with zero attached hydrogens (tertiary/aromatic N) is 1. The van der Waals surface area contributed by atoms with Crippen LogP contribution in [0.25, 0.3) is 10.1 Å². The Hall–Kier alpha value is -2.81. The number of rotatable bonds is 6. The zero-order chi connectivity index (χ0) is 23.0. The zero-order valence-electron chi connectivity index (χ0n) is 18.8. The molecule has 0 saturated carbocycles. The Morgan fingerprint density at radius 2 is 1.85 bits per heavy atom. The number of aliphatic carboxylic acids is 1. The Morgan fingerprint density at radius 3 is 2.41 bits per heavy atom. The number of fused-ring (bicyclic) bond motifs is 1. The van der Waals surface area contributed by atoms with Crippen molar-refractivity contribution in [3.8, 4) is 5.75 Å². The normalized spacial score (nSPS) is 16.8. The van der Waals surface area contributed by atoms with Crippen LogP contribution in [0.4, 0.5) is 0 Å². The first-order valence-electron chi connectivity index (χ1n) is 10.4. The van der Waals surface area contributed by atoms with Crippen molar-refractivity contribution in [2.45, 2.75) is 31.8 Å². The Balaban J connectivity index is 0.00000204. The van der Waals surface area contributed by atoms with E-state index in [9.17, 15) is 9.90 Å². The van der Waals surface area contributed by atoms with Crippen molar-refractivity contribution < 1.29 is 14.6 Å². The molecule has 1 unspecified atom stereocenters. The average molecular weight is 523 g/mol. The third-order valence-electron chi connectivity index (χ3n) is 6.10. The van der Waals surface area contributed by atoms with Gasteiger partial charge in [-0.25, -0.2) is 0 Å². The van der Waals surface area contributed by atoms with E-state index in [1.54, 1.807) is 19.9 Å². The van der Waals surface area contributed by atoms with Crippen molar-refractivity contribution in [1.82, 2.24) is 4.90 Å². The third kappa shape index (κ3) is 5.14. The van der Waals surface area contributed by atoms with Crippen molar-refractivity contribution in [3.05, 3.63) is 64.5 Å². The first-order chi connectivity index (χ1) is 15.2. The molecule has 0 amide bonds. The van der Waals surface area contributed by atoms with Gasteiger partial charge in [0.05, 0.1) is 12.4 Å². The fourth-order valence-corrected chi connectivity index (χ4v) is 5.22. The van der Waals surface area contributed by atoms with E-state index < -0.39 is 11.4 Å². The summed E-state index contributed by atoms with van der Waals surface area (Å²) in [5, 5.41) is 26.4. The number of hydrogen-bond donors (Lipinski definition) is 4. The molecule has 4 rings (SSSR count). The molecule has 182 valence electrons. The molecule has 2 aromatic carbocycles. The number of carbonyl (C=O) groups is 1. The molecule has 7 nitrogen and oxygen atoms in total. The minimum absolute atomic E-state index is 0. The lowest BCUT2D eigenvalue weighted by Crippen LogP contribution is -2.32. The van der Waals surface area contributed by atoms with Crippen molar-refractivity contribution in [3.63, 3.8) is 0 Å². The number of likely N-dealkylation sites (tertiary alicyclic amines) is 1. The number of carboxylic acids is 1. The molecule has 0 radical (unpaired) electrons. The van der Waals surface area contributed by atoms with E-state index in [4.69, 9.17) is 21.3 Å². The van der Waals surface area contributed by atoms with Gasteiger partial charge in [-0.1, -0.05) is 12.1 Å². The molecule has 1 aliphatic rings. The number of amidine groups is 2. The Labute approximate surface area is 214 Å². The Bertz CT molecular complexity index is 1210. The number of ether oxygens (including phenoxy) is 1. The highest BCUT2D eigenvalue weighted by Crippen LogP contribution is 2.40. The molecule has 34 heavy (non-hydrogen) atoms. The number of hydrogen-bond acceptors (Lipinski definition) is 5. The molecule has 2 heterocycles.